The summed E-state index contributed by atoms with van der Waals surface area (Å²) < 4.78 is 2.59. The van der Waals surface area contributed by atoms with Crippen LogP contribution in [-0.2, 0) is 0 Å². The third-order valence-corrected chi connectivity index (χ3v) is 11.5. The summed E-state index contributed by atoms with van der Waals surface area (Å²) in [6, 6.07) is 58.9. The zero-order valence-electron chi connectivity index (χ0n) is 27.5. The van der Waals surface area contributed by atoms with Crippen LogP contribution in [0.2, 0.25) is 0 Å². The Labute approximate surface area is 298 Å². The lowest BCUT2D eigenvalue weighted by atomic mass is 9.94. The van der Waals surface area contributed by atoms with Crippen LogP contribution in [0.1, 0.15) is 22.9 Å². The van der Waals surface area contributed by atoms with Gasteiger partial charge < -0.3 is 5.32 Å². The maximum atomic E-state index is 5.36. The first-order valence-electron chi connectivity index (χ1n) is 17.4. The van der Waals surface area contributed by atoms with Crippen molar-refractivity contribution in [2.24, 2.45) is 9.98 Å². The summed E-state index contributed by atoms with van der Waals surface area (Å²) in [6.45, 7) is 0. The molecule has 238 valence electrons. The summed E-state index contributed by atoms with van der Waals surface area (Å²) in [5.74, 6) is 1.64. The maximum Gasteiger partial charge on any atom is 0.169 e. The van der Waals surface area contributed by atoms with E-state index in [4.69, 9.17) is 9.98 Å². The van der Waals surface area contributed by atoms with Crippen molar-refractivity contribution in [3.63, 3.8) is 0 Å². The van der Waals surface area contributed by atoms with Crippen molar-refractivity contribution in [2.75, 3.05) is 0 Å². The smallest absolute Gasteiger partial charge is 0.169 e. The minimum Gasteiger partial charge on any atom is -0.324 e. The van der Waals surface area contributed by atoms with Crippen LogP contribution in [0.3, 0.4) is 0 Å². The quantitative estimate of drug-likeness (QED) is 0.199. The van der Waals surface area contributed by atoms with Crippen LogP contribution < -0.4 is 5.32 Å². The zero-order valence-corrected chi connectivity index (χ0v) is 28.3. The van der Waals surface area contributed by atoms with E-state index in [1.165, 1.54) is 75.1 Å². The zero-order chi connectivity index (χ0) is 33.5. The fraction of sp³-hybridized carbons (Fsp3) is 0.0213. The first-order valence-corrected chi connectivity index (χ1v) is 18.2. The van der Waals surface area contributed by atoms with Crippen molar-refractivity contribution in [1.29, 1.82) is 0 Å². The molecule has 0 fully saturated rings. The monoisotopic (exact) mass is 667 g/mol. The number of hydrogen-bond donors (Lipinski definition) is 1. The number of hydrogen-bond acceptors (Lipinski definition) is 4. The fourth-order valence-electron chi connectivity index (χ4n) is 8.12. The Bertz CT molecular complexity index is 2940. The Morgan fingerprint density at radius 2 is 1.08 bits per heavy atom. The van der Waals surface area contributed by atoms with Crippen molar-refractivity contribution in [2.45, 2.75) is 6.17 Å². The van der Waals surface area contributed by atoms with Gasteiger partial charge in [0.2, 0.25) is 0 Å². The highest BCUT2D eigenvalue weighted by atomic mass is 32.1. The summed E-state index contributed by atoms with van der Waals surface area (Å²) in [4.78, 5) is 10.6. The number of amidine groups is 2. The van der Waals surface area contributed by atoms with Crippen molar-refractivity contribution in [1.82, 2.24) is 5.32 Å². The van der Waals surface area contributed by atoms with Crippen molar-refractivity contribution in [3.05, 3.63) is 180 Å². The van der Waals surface area contributed by atoms with Crippen LogP contribution >= 0.6 is 11.3 Å². The second-order valence-corrected chi connectivity index (χ2v) is 14.4. The van der Waals surface area contributed by atoms with Gasteiger partial charge in [0.25, 0.3) is 0 Å². The average molecular weight is 668 g/mol. The third-order valence-electron chi connectivity index (χ3n) is 10.4. The van der Waals surface area contributed by atoms with Gasteiger partial charge in [-0.15, -0.1) is 11.3 Å². The Morgan fingerprint density at radius 1 is 0.412 bits per heavy atom. The number of nitrogens with one attached hydrogen (secondary N) is 1. The first-order chi connectivity index (χ1) is 25.3. The minimum atomic E-state index is -0.419. The van der Waals surface area contributed by atoms with Crippen molar-refractivity contribution >= 4 is 64.7 Å². The maximum absolute atomic E-state index is 5.36. The molecule has 0 saturated carbocycles. The molecule has 1 aliphatic heterocycles. The van der Waals surface area contributed by atoms with Gasteiger partial charge in [0.05, 0.1) is 0 Å². The summed E-state index contributed by atoms with van der Waals surface area (Å²) in [5.41, 5.74) is 10.8. The molecule has 8 aromatic carbocycles. The molecule has 0 saturated heterocycles. The van der Waals surface area contributed by atoms with Crippen LogP contribution in [-0.4, -0.2) is 11.7 Å². The molecule has 0 spiro atoms. The Morgan fingerprint density at radius 3 is 1.90 bits per heavy atom. The summed E-state index contributed by atoms with van der Waals surface area (Å²) in [7, 11) is 0. The molecule has 1 aromatic heterocycles. The number of thiophene rings is 1. The van der Waals surface area contributed by atoms with E-state index in [2.05, 4.69) is 163 Å². The summed E-state index contributed by atoms with van der Waals surface area (Å²) in [6.07, 6.45) is -0.419. The molecular weight excluding hydrogens is 639 g/mol. The highest BCUT2D eigenvalue weighted by Gasteiger charge is 2.25. The standard InChI is InChI=1S/C47H29N3S/c1-3-12-28(13-4-1)38-26-32(24-30-16-7-8-17-33(30)38)47-49-45(29-14-5-2-6-15-29)48-46(50-47)31-22-23-41-40(25-31)44-37-21-11-20-36-34-18-9-10-19-35(34)39(43(36)37)27-42(44)51-41/h1-27,47H,(H,48,49,50). The highest BCUT2D eigenvalue weighted by molar-refractivity contribution is 7.26. The summed E-state index contributed by atoms with van der Waals surface area (Å²) in [5, 5.41) is 11.3. The molecule has 0 amide bonds. The largest absolute Gasteiger partial charge is 0.324 e. The van der Waals surface area contributed by atoms with Crippen LogP contribution in [0.5, 0.6) is 0 Å². The van der Waals surface area contributed by atoms with E-state index in [0.29, 0.717) is 0 Å². The number of aliphatic imine (C=N–C) groups is 2. The minimum absolute atomic E-state index is 0.419. The molecule has 1 aliphatic carbocycles. The molecule has 1 N–H and O–H groups in total. The molecule has 0 bridgehead atoms. The van der Waals surface area contributed by atoms with Crippen LogP contribution in [0, 0.1) is 0 Å². The van der Waals surface area contributed by atoms with Gasteiger partial charge >= 0.3 is 0 Å². The second kappa shape index (κ2) is 11.1. The third kappa shape index (κ3) is 4.43. The van der Waals surface area contributed by atoms with Gasteiger partial charge in [-0.2, -0.15) is 0 Å². The molecule has 2 heterocycles. The van der Waals surface area contributed by atoms with Gasteiger partial charge in [-0.3, -0.25) is 0 Å². The van der Waals surface area contributed by atoms with Gasteiger partial charge in [-0.1, -0.05) is 127 Å². The number of fused-ring (bicyclic) bond motifs is 8. The Kier molecular flexibility index (Phi) is 6.18. The lowest BCUT2D eigenvalue weighted by Crippen LogP contribution is -2.36. The number of benzene rings is 8. The van der Waals surface area contributed by atoms with E-state index >= 15 is 0 Å². The molecule has 1 unspecified atom stereocenters. The van der Waals surface area contributed by atoms with Gasteiger partial charge in [-0.05, 0) is 96.9 Å². The molecule has 9 aromatic rings. The number of rotatable bonds is 4. The molecule has 51 heavy (non-hydrogen) atoms. The second-order valence-electron chi connectivity index (χ2n) is 13.4. The Balaban J connectivity index is 1.10. The SMILES string of the molecule is c1ccc(C2=NC(c3cc(-c4ccccc4)c4ccccc4c3)N=C(c3ccc4sc5cc6c7c(cccc7c5c4c3)-c3ccccc3-6)N2)cc1. The highest BCUT2D eigenvalue weighted by Crippen LogP contribution is 2.51. The lowest BCUT2D eigenvalue weighted by Gasteiger charge is -2.23. The van der Waals surface area contributed by atoms with E-state index in [0.717, 1.165) is 28.4 Å². The number of nitrogens with zero attached hydrogens (tertiary/aromatic N) is 2. The molecule has 11 rings (SSSR count). The molecule has 2 aliphatic rings. The molecule has 0 radical (unpaired) electrons. The molecular formula is C47H29N3S. The van der Waals surface area contributed by atoms with E-state index in [9.17, 15) is 0 Å². The fourth-order valence-corrected chi connectivity index (χ4v) is 9.26. The topological polar surface area (TPSA) is 36.8 Å². The molecule has 1 atom stereocenters. The van der Waals surface area contributed by atoms with Gasteiger partial charge in [0, 0.05) is 31.3 Å². The van der Waals surface area contributed by atoms with E-state index in [1.54, 1.807) is 0 Å². The van der Waals surface area contributed by atoms with Crippen LogP contribution in [0.4, 0.5) is 0 Å². The van der Waals surface area contributed by atoms with Gasteiger partial charge in [-0.25, -0.2) is 9.98 Å². The molecule has 3 nitrogen and oxygen atoms in total. The Hall–Kier alpha value is -6.36. The van der Waals surface area contributed by atoms with E-state index in [1.807, 2.05) is 17.4 Å². The van der Waals surface area contributed by atoms with Crippen LogP contribution in [0.15, 0.2) is 174 Å². The lowest BCUT2D eigenvalue weighted by molar-refractivity contribution is 0.757. The first kappa shape index (κ1) is 28.5. The predicted octanol–water partition coefficient (Wildman–Crippen LogP) is 12.2. The molecule has 4 heteroatoms. The van der Waals surface area contributed by atoms with E-state index in [-0.39, 0.29) is 0 Å². The van der Waals surface area contributed by atoms with Gasteiger partial charge in [0.15, 0.2) is 6.17 Å². The predicted molar refractivity (Wildman–Crippen MR) is 216 cm³/mol. The van der Waals surface area contributed by atoms with E-state index < -0.39 is 6.17 Å². The average Bonchev–Trinajstić information content (AvgIpc) is 3.74. The van der Waals surface area contributed by atoms with Crippen LogP contribution in [0.25, 0.3) is 75.1 Å². The van der Waals surface area contributed by atoms with Crippen molar-refractivity contribution in [3.8, 4) is 33.4 Å². The van der Waals surface area contributed by atoms with Gasteiger partial charge in [0.1, 0.15) is 11.7 Å². The normalized spacial score (nSPS) is 14.9. The van der Waals surface area contributed by atoms with Crippen molar-refractivity contribution < 1.29 is 0 Å². The summed E-state index contributed by atoms with van der Waals surface area (Å²) >= 11 is 1.87.